The number of carbonyl (C=O) groups is 6. The first-order chi connectivity index (χ1) is 69.8. The molecule has 0 aromatic heterocycles. The molecule has 0 heterocycles. The fourth-order valence-electron chi connectivity index (χ4n) is 43.1. The Bertz CT molecular complexity index is 5010. The van der Waals surface area contributed by atoms with E-state index in [1.54, 1.807) is 30.9 Å². The van der Waals surface area contributed by atoms with E-state index in [0.29, 0.717) is 80.5 Å². The molecule has 24 aliphatic rings. The predicted molar refractivity (Wildman–Crippen MR) is 610 cm³/mol. The normalized spacial score (nSPS) is 45.2. The predicted octanol–water partition coefficient (Wildman–Crippen LogP) is 28.5. The molecule has 0 bridgehead atoms. The average Bonchev–Trinajstić information content (AvgIpc) is 1.62. The minimum Gasteiger partial charge on any atom is -1.00 e. The molecule has 2 aromatic carbocycles. The van der Waals surface area contributed by atoms with Gasteiger partial charge in [0.15, 0.2) is 17.4 Å². The van der Waals surface area contributed by atoms with Crippen LogP contribution in [-0.4, -0.2) is 115 Å². The van der Waals surface area contributed by atoms with Crippen molar-refractivity contribution in [2.75, 3.05) is 34.6 Å². The fourth-order valence-corrected chi connectivity index (χ4v) is 45.2. The summed E-state index contributed by atoms with van der Waals surface area (Å²) in [7, 11) is 7.11. The van der Waals surface area contributed by atoms with E-state index in [1.165, 1.54) is 215 Å². The smallest absolute Gasteiger partial charge is 1.00 e. The summed E-state index contributed by atoms with van der Waals surface area (Å²) in [5.41, 5.74) is 7.97. The minimum absolute atomic E-state index is 0. The Labute approximate surface area is 942 Å². The molecule has 11 nitrogen and oxygen atoms in total. The van der Waals surface area contributed by atoms with Crippen LogP contribution in [0.5, 0.6) is 0 Å². The Morgan fingerprint density at radius 2 is 0.604 bits per heavy atom. The van der Waals surface area contributed by atoms with E-state index < -0.39 is 0 Å². The van der Waals surface area contributed by atoms with E-state index in [2.05, 4.69) is 155 Å². The Morgan fingerprint density at radius 1 is 0.315 bits per heavy atom. The molecule has 0 amide bonds. The molecule has 23 fully saturated rings. The summed E-state index contributed by atoms with van der Waals surface area (Å²) in [5.74, 6) is 26.7. The number of methoxy groups -OCH3 is 4. The van der Waals surface area contributed by atoms with Crippen LogP contribution < -0.4 is 27.6 Å². The van der Waals surface area contributed by atoms with Gasteiger partial charge in [-0.2, -0.15) is 0 Å². The second-order valence-electron chi connectivity index (χ2n) is 55.5. The Balaban J connectivity index is 0.000000124. The van der Waals surface area contributed by atoms with Crippen LogP contribution in [0.25, 0.3) is 0 Å². The van der Waals surface area contributed by atoms with Gasteiger partial charge in [0.05, 0.1) is 5.60 Å². The average molecular weight is 2200 g/mol. The number of ether oxygens (including phenoxy) is 4. The topological polar surface area (TPSA) is 160 Å². The maximum absolute atomic E-state index is 12.4. The van der Waals surface area contributed by atoms with E-state index >= 15 is 0 Å². The summed E-state index contributed by atoms with van der Waals surface area (Å²) in [4.78, 5) is 72.1. The molecule has 2 aromatic rings. The number of rotatable bonds is 7. The maximum Gasteiger partial charge on any atom is 2.00 e. The van der Waals surface area contributed by atoms with Gasteiger partial charge in [-0.3, -0.25) is 28.8 Å². The van der Waals surface area contributed by atoms with Gasteiger partial charge < -0.3 is 48.5 Å². The first-order valence-electron chi connectivity index (χ1n) is 61.4. The molecule has 0 spiro atoms. The number of Topliss-reactive ketones (excluding diaryl/α,β-unsaturated/α-hetero) is 5. The van der Waals surface area contributed by atoms with Crippen molar-refractivity contribution < 1.29 is 69.8 Å². The zero-order valence-corrected chi connectivity index (χ0v) is 102. The Morgan fingerprint density at radius 3 is 0.946 bits per heavy atom. The van der Waals surface area contributed by atoms with Gasteiger partial charge in [-0.15, -0.1) is 17.0 Å². The number of fused-ring (bicyclic) bond motifs is 30. The van der Waals surface area contributed by atoms with Crippen LogP contribution in [0.15, 0.2) is 107 Å². The number of benzene rings is 2. The zero-order chi connectivity index (χ0) is 102. The first-order valence-corrected chi connectivity index (χ1v) is 62.9. The van der Waals surface area contributed by atoms with Crippen molar-refractivity contribution in [3.8, 4) is 0 Å². The number of carbonyl (C=O) groups excluding carboxylic acids is 6. The number of hydrogen-bond donors (Lipinski definition) is 1. The molecule has 0 saturated heterocycles. The van der Waals surface area contributed by atoms with Crippen molar-refractivity contribution in [2.45, 2.75) is 434 Å². The van der Waals surface area contributed by atoms with Crippen LogP contribution in [0, 0.1) is 212 Å². The molecule has 36 atom stereocenters. The van der Waals surface area contributed by atoms with Crippen molar-refractivity contribution in [1.82, 2.24) is 0 Å². The van der Waals surface area contributed by atoms with Crippen molar-refractivity contribution in [1.29, 1.82) is 0 Å². The van der Waals surface area contributed by atoms with E-state index in [9.17, 15) is 33.9 Å². The van der Waals surface area contributed by atoms with Crippen LogP contribution in [0.2, 0.25) is 0 Å². The molecule has 26 rings (SSSR count). The monoisotopic (exact) mass is 2200 g/mol. The van der Waals surface area contributed by atoms with Gasteiger partial charge in [0.25, 0.3) is 0 Å². The van der Waals surface area contributed by atoms with Gasteiger partial charge in [0.2, 0.25) is 0 Å². The summed E-state index contributed by atoms with van der Waals surface area (Å²) in [6.45, 7) is 25.6. The maximum atomic E-state index is 12.4. The molecule has 149 heavy (non-hydrogen) atoms. The van der Waals surface area contributed by atoms with Crippen LogP contribution in [0.1, 0.15) is 416 Å². The standard InChI is InChI=1S/C22H36O2.C21H34O.C20H32O3.C20H30O.C18H26O2.C18H24O2.C14H15P.CH3.2BrH.Mg/c1-5-16-7-9-20-19-8-6-15-14-22(23-3,24-4)13-11-17(15)18(19)10-12-21(16,20)2;1-4-15-6-8-19-18-7-5-14-13-20(2,22)11-9-16(14)17(18)10-12-21(15,19)3;1-19-10-8-15-14-9-11-20(22-2,23-3)12-13(14)4-5-16(15)17(19)6-7-18(19)21;1-3-14-5-9-19-18-7-4-13-12-15(21)6-8-16(13)17(18)10-11-20(14,19)2;2*1-18-9-8-14-13-5-3-12(19)10-11(13)2-4-15(14)16(18)6-7-17(18)20;1-2-15(13-9-5-3-6-10-13)14-11-7-4-8-12-14;;;;/h5,15,17-20H,6-14H2,1-4H3;4,14,16-19,22H,5-13H2,1-3H3;13-17H,4-12H2,1-3H3;3,13,16-19H,4-12H2,1-2H3;11,13-16H,2-10H2,1H3;10,13-16H,2-9H2,1H3;3-12H,2H2,1H3;1H3;2*1H;/q;;;;;;;-1;;;+2/p-1/t15-,17+,18-,19-,20+,21-;14-,16+,17-,18-,19+,20+,21-;13-,14+,15-,16-,17+,19+;13-,16+,17-,18-,19+,20-;11-,13+,14-,15-,16+,18+;13-,14+,15+,16-,18-;;;;;/m111110...../s1. The third-order valence-corrected chi connectivity index (χ3v) is 53.1. The van der Waals surface area contributed by atoms with Crippen LogP contribution >= 0.6 is 24.9 Å². The Kier molecular flexibility index (Phi) is 38.8. The molecule has 1 N–H and O–H groups in total. The summed E-state index contributed by atoms with van der Waals surface area (Å²) < 4.78 is 23.1. The van der Waals surface area contributed by atoms with Gasteiger partial charge in [-0.05, 0) is 510 Å². The van der Waals surface area contributed by atoms with Gasteiger partial charge in [-0.25, -0.2) is 0 Å². The second kappa shape index (κ2) is 48.7. The van der Waals surface area contributed by atoms with Crippen molar-refractivity contribution in [3.63, 3.8) is 0 Å². The zero-order valence-electron chi connectivity index (χ0n) is 96.0. The summed E-state index contributed by atoms with van der Waals surface area (Å²) in [5, 5.41) is 13.4. The molecule has 0 radical (unpaired) electrons. The summed E-state index contributed by atoms with van der Waals surface area (Å²) >= 11 is 0. The summed E-state index contributed by atoms with van der Waals surface area (Å²) in [6.07, 6.45) is 74.4. The molecule has 824 valence electrons. The third-order valence-electron chi connectivity index (χ3n) is 50.6. The molecule has 0 aliphatic heterocycles. The number of aliphatic hydroxyl groups is 1. The van der Waals surface area contributed by atoms with Gasteiger partial charge in [0, 0.05) is 122 Å². The van der Waals surface area contributed by atoms with Crippen LogP contribution in [-0.2, 0) is 47.7 Å². The molecule has 23 saturated carbocycles. The van der Waals surface area contributed by atoms with Crippen LogP contribution in [0.3, 0.4) is 0 Å². The summed E-state index contributed by atoms with van der Waals surface area (Å²) in [6, 6.07) is 21.6. The van der Waals surface area contributed by atoms with Gasteiger partial charge in [0.1, 0.15) is 28.9 Å². The molecular weight excluding hydrogens is 2000 g/mol. The number of allylic oxidation sites excluding steroid dienone is 7. The van der Waals surface area contributed by atoms with Gasteiger partial charge in [-0.1, -0.05) is 150 Å². The Hall–Kier alpha value is -2.62. The quantitative estimate of drug-likeness (QED) is 0.0924. The largest absolute Gasteiger partial charge is 2.00 e. The molecule has 0 unspecified atom stereocenters. The fraction of sp³-hybridized carbons (Fsp3) is 0.799. The van der Waals surface area contributed by atoms with E-state index in [-0.39, 0.29) is 106 Å². The molecule has 24 aliphatic carbocycles. The second-order valence-corrected chi connectivity index (χ2v) is 58.0. The van der Waals surface area contributed by atoms with Crippen molar-refractivity contribution in [2.24, 2.45) is 204 Å². The van der Waals surface area contributed by atoms with Crippen LogP contribution in [0.4, 0.5) is 0 Å². The molecular formula is C134H201Br2MgO11P. The van der Waals surface area contributed by atoms with E-state index in [1.807, 2.05) is 20.3 Å². The first kappa shape index (κ1) is 119. The third kappa shape index (κ3) is 22.4. The molecule has 15 heteroatoms. The van der Waals surface area contributed by atoms with Crippen molar-refractivity contribution in [3.05, 3.63) is 115 Å². The number of ketones is 6. The number of hydrogen-bond acceptors (Lipinski definition) is 11. The minimum atomic E-state index is -0.372. The SMILES string of the molecule is Br.CC=C1CC[C@H]2[C@@H]3CC[C@@H]4CC(=O)CC[C@@H]4[C@H]3CC[C@]12C.CC=C1CC[C@H]2[C@@H]3CC[C@@H]4CC(OC)(OC)CC[C@@H]4[C@H]3CC[C@]12C.CC=C1CC[C@H]2[C@@H]3CC[C@@H]4C[C@@](C)(O)CC[C@@H]4[C@H]3CC[C@]12C.CCP(c1ccccc1)c1ccccc1.COC1(OC)CC[C@H]2[C@H](CC[C@@H]3[C@@H]2CC[C@]2(C)C(=O)CC[C@@H]32)C1.C[C@]12CC[C@H]3[C@@H](CCC4=CC(=O)CC[C@@H]43)[C@@H]1CCC2=O.C[C@]12CC[C@H]3[C@@H](CC[C@@H]4CC(=O)CC[C@@H]43)[C@@H]1CCC2=O.[Br-].[CH3-].[Mg+2]. The van der Waals surface area contributed by atoms with Gasteiger partial charge >= 0.3 is 23.1 Å². The number of halogens is 2. The van der Waals surface area contributed by atoms with E-state index in [0.717, 1.165) is 290 Å². The van der Waals surface area contributed by atoms with E-state index in [4.69, 9.17) is 18.9 Å². The van der Waals surface area contributed by atoms with Crippen molar-refractivity contribution >= 4 is 93.3 Å².